The Hall–Kier alpha value is -0.340. The molecule has 2 heteroatoms. The van der Waals surface area contributed by atoms with Gasteiger partial charge in [0.25, 0.3) is 0 Å². The monoisotopic (exact) mass is 211 g/mol. The first-order chi connectivity index (χ1) is 7.33. The molecule has 1 fully saturated rings. The molecule has 1 N–H and O–H groups in total. The van der Waals surface area contributed by atoms with E-state index in [1.165, 1.54) is 25.7 Å². The highest BCUT2D eigenvalue weighted by atomic mass is 16.5. The topological polar surface area (TPSA) is 21.3 Å². The minimum absolute atomic E-state index is 0.810. The summed E-state index contributed by atoms with van der Waals surface area (Å²) in [7, 11) is 1.74. The van der Waals surface area contributed by atoms with Crippen molar-refractivity contribution >= 4 is 0 Å². The lowest BCUT2D eigenvalue weighted by Gasteiger charge is -2.03. The van der Waals surface area contributed by atoms with Gasteiger partial charge in [0.1, 0.15) is 0 Å². The smallest absolute Gasteiger partial charge is 0.0587 e. The summed E-state index contributed by atoms with van der Waals surface area (Å²) in [5.74, 6) is 1.06. The van der Waals surface area contributed by atoms with E-state index in [-0.39, 0.29) is 0 Å². The first-order valence-electron chi connectivity index (χ1n) is 6.18. The number of methoxy groups -OCH3 is 1. The Labute approximate surface area is 94.1 Å². The van der Waals surface area contributed by atoms with Crippen LogP contribution < -0.4 is 5.32 Å². The molecule has 1 rings (SSSR count). The van der Waals surface area contributed by atoms with Gasteiger partial charge in [0.15, 0.2) is 0 Å². The maximum atomic E-state index is 4.96. The zero-order valence-electron chi connectivity index (χ0n) is 10.2. The van der Waals surface area contributed by atoms with Crippen LogP contribution in [0.15, 0.2) is 11.6 Å². The van der Waals surface area contributed by atoms with E-state index in [1.807, 2.05) is 0 Å². The molecule has 0 amide bonds. The van der Waals surface area contributed by atoms with Gasteiger partial charge in [-0.1, -0.05) is 24.5 Å². The summed E-state index contributed by atoms with van der Waals surface area (Å²) in [6.07, 6.45) is 9.21. The standard InChI is InChI=1S/C13H25NO/c1-12(5-6-13-7-8-13)4-3-9-14-10-11-15-2/h4,13-14H,3,5-11H2,1-2H3. The average Bonchev–Trinajstić information content (AvgIpc) is 3.04. The molecule has 0 saturated heterocycles. The minimum Gasteiger partial charge on any atom is -0.383 e. The Morgan fingerprint density at radius 3 is 2.87 bits per heavy atom. The molecule has 2 nitrogen and oxygen atoms in total. The van der Waals surface area contributed by atoms with Crippen LogP contribution in [0.2, 0.25) is 0 Å². The molecule has 15 heavy (non-hydrogen) atoms. The number of rotatable bonds is 9. The molecule has 0 aromatic heterocycles. The lowest BCUT2D eigenvalue weighted by molar-refractivity contribution is 0.199. The summed E-state index contributed by atoms with van der Waals surface area (Å²) in [5.41, 5.74) is 1.57. The molecular weight excluding hydrogens is 186 g/mol. The van der Waals surface area contributed by atoms with Crippen LogP contribution in [-0.4, -0.2) is 26.8 Å². The van der Waals surface area contributed by atoms with E-state index in [0.29, 0.717) is 0 Å². The van der Waals surface area contributed by atoms with Gasteiger partial charge in [0, 0.05) is 13.7 Å². The van der Waals surface area contributed by atoms with Crippen LogP contribution in [0.5, 0.6) is 0 Å². The zero-order chi connectivity index (χ0) is 10.9. The van der Waals surface area contributed by atoms with Crippen molar-refractivity contribution in [1.82, 2.24) is 5.32 Å². The summed E-state index contributed by atoms with van der Waals surface area (Å²) in [5, 5.41) is 3.35. The Morgan fingerprint density at radius 1 is 1.40 bits per heavy atom. The van der Waals surface area contributed by atoms with E-state index in [1.54, 1.807) is 12.7 Å². The molecular formula is C13H25NO. The van der Waals surface area contributed by atoms with Crippen LogP contribution in [-0.2, 0) is 4.74 Å². The third-order valence-corrected chi connectivity index (χ3v) is 2.94. The van der Waals surface area contributed by atoms with E-state index in [2.05, 4.69) is 18.3 Å². The van der Waals surface area contributed by atoms with Gasteiger partial charge in [-0.25, -0.2) is 0 Å². The van der Waals surface area contributed by atoms with Crippen LogP contribution >= 0.6 is 0 Å². The SMILES string of the molecule is COCCNCCC=C(C)CCC1CC1. The maximum absolute atomic E-state index is 4.96. The molecule has 0 spiro atoms. The van der Waals surface area contributed by atoms with Gasteiger partial charge in [-0.2, -0.15) is 0 Å². The van der Waals surface area contributed by atoms with E-state index < -0.39 is 0 Å². The van der Waals surface area contributed by atoms with Gasteiger partial charge in [-0.3, -0.25) is 0 Å². The molecule has 0 radical (unpaired) electrons. The van der Waals surface area contributed by atoms with Crippen LogP contribution in [0.1, 0.15) is 39.0 Å². The molecule has 1 aliphatic carbocycles. The summed E-state index contributed by atoms with van der Waals surface area (Å²) < 4.78 is 4.96. The molecule has 0 unspecified atom stereocenters. The predicted molar refractivity (Wildman–Crippen MR) is 65.1 cm³/mol. The largest absolute Gasteiger partial charge is 0.383 e. The molecule has 1 saturated carbocycles. The van der Waals surface area contributed by atoms with Crippen molar-refractivity contribution in [1.29, 1.82) is 0 Å². The number of hydrogen-bond acceptors (Lipinski definition) is 2. The van der Waals surface area contributed by atoms with E-state index in [9.17, 15) is 0 Å². The minimum atomic E-state index is 0.810. The third kappa shape index (κ3) is 7.57. The van der Waals surface area contributed by atoms with Crippen LogP contribution in [0, 0.1) is 5.92 Å². The molecule has 0 bridgehead atoms. The van der Waals surface area contributed by atoms with E-state index in [4.69, 9.17) is 4.74 Å². The highest BCUT2D eigenvalue weighted by molar-refractivity contribution is 4.99. The second kappa shape index (κ2) is 7.89. The highest BCUT2D eigenvalue weighted by Gasteiger charge is 2.20. The fourth-order valence-corrected chi connectivity index (χ4v) is 1.66. The number of ether oxygens (including phenoxy) is 1. The molecule has 0 aromatic rings. The fourth-order valence-electron chi connectivity index (χ4n) is 1.66. The first kappa shape index (κ1) is 12.7. The van der Waals surface area contributed by atoms with Crippen molar-refractivity contribution < 1.29 is 4.74 Å². The number of hydrogen-bond donors (Lipinski definition) is 1. The lowest BCUT2D eigenvalue weighted by atomic mass is 10.1. The summed E-state index contributed by atoms with van der Waals surface area (Å²) in [6.45, 7) is 5.11. The molecule has 0 atom stereocenters. The lowest BCUT2D eigenvalue weighted by Crippen LogP contribution is -2.19. The Morgan fingerprint density at radius 2 is 2.20 bits per heavy atom. The zero-order valence-corrected chi connectivity index (χ0v) is 10.2. The summed E-state index contributed by atoms with van der Waals surface area (Å²) in [4.78, 5) is 0. The Balaban J connectivity index is 1.88. The van der Waals surface area contributed by atoms with Gasteiger partial charge in [0.2, 0.25) is 0 Å². The van der Waals surface area contributed by atoms with Crippen molar-refractivity contribution in [3.05, 3.63) is 11.6 Å². The summed E-state index contributed by atoms with van der Waals surface area (Å²) >= 11 is 0. The second-order valence-corrected chi connectivity index (χ2v) is 4.56. The molecule has 0 aliphatic heterocycles. The molecule has 88 valence electrons. The van der Waals surface area contributed by atoms with Crippen LogP contribution in [0.4, 0.5) is 0 Å². The normalized spacial score (nSPS) is 17.1. The Bertz CT molecular complexity index is 185. The van der Waals surface area contributed by atoms with E-state index >= 15 is 0 Å². The summed E-state index contributed by atoms with van der Waals surface area (Å²) in [6, 6.07) is 0. The van der Waals surface area contributed by atoms with Crippen molar-refractivity contribution in [3.63, 3.8) is 0 Å². The van der Waals surface area contributed by atoms with Crippen molar-refractivity contribution in [3.8, 4) is 0 Å². The van der Waals surface area contributed by atoms with Crippen molar-refractivity contribution in [2.24, 2.45) is 5.92 Å². The van der Waals surface area contributed by atoms with Gasteiger partial charge in [-0.15, -0.1) is 0 Å². The van der Waals surface area contributed by atoms with Gasteiger partial charge >= 0.3 is 0 Å². The second-order valence-electron chi connectivity index (χ2n) is 4.56. The highest BCUT2D eigenvalue weighted by Crippen LogP contribution is 2.34. The number of allylic oxidation sites excluding steroid dienone is 1. The molecule has 0 heterocycles. The quantitative estimate of drug-likeness (QED) is 0.468. The van der Waals surface area contributed by atoms with Crippen LogP contribution in [0.3, 0.4) is 0 Å². The predicted octanol–water partition coefficient (Wildman–Crippen LogP) is 2.75. The molecule has 0 aromatic carbocycles. The van der Waals surface area contributed by atoms with Crippen molar-refractivity contribution in [2.45, 2.75) is 39.0 Å². The van der Waals surface area contributed by atoms with Gasteiger partial charge in [-0.05, 0) is 38.6 Å². The molecule has 1 aliphatic rings. The Kier molecular flexibility index (Phi) is 6.69. The van der Waals surface area contributed by atoms with Gasteiger partial charge < -0.3 is 10.1 Å². The van der Waals surface area contributed by atoms with Crippen molar-refractivity contribution in [2.75, 3.05) is 26.8 Å². The van der Waals surface area contributed by atoms with Crippen LogP contribution in [0.25, 0.3) is 0 Å². The maximum Gasteiger partial charge on any atom is 0.0587 e. The average molecular weight is 211 g/mol. The third-order valence-electron chi connectivity index (χ3n) is 2.94. The number of nitrogens with one attached hydrogen (secondary N) is 1. The van der Waals surface area contributed by atoms with E-state index in [0.717, 1.165) is 32.0 Å². The van der Waals surface area contributed by atoms with Gasteiger partial charge in [0.05, 0.1) is 6.61 Å². The fraction of sp³-hybridized carbons (Fsp3) is 0.846. The first-order valence-corrected chi connectivity index (χ1v) is 6.18.